The Bertz CT molecular complexity index is 1300. The topological polar surface area (TPSA) is 76.6 Å². The molecule has 1 N–H and O–H groups in total. The van der Waals surface area contributed by atoms with Crippen LogP contribution in [0.3, 0.4) is 0 Å². The predicted molar refractivity (Wildman–Crippen MR) is 132 cm³/mol. The Labute approximate surface area is 205 Å². The van der Waals surface area contributed by atoms with Gasteiger partial charge in [-0.2, -0.15) is 0 Å². The maximum absolute atomic E-state index is 9.83. The molecule has 178 valence electrons. The Hall–Kier alpha value is -3.70. The second-order valence-electron chi connectivity index (χ2n) is 8.65. The van der Waals surface area contributed by atoms with Gasteiger partial charge < -0.3 is 18.8 Å². The van der Waals surface area contributed by atoms with Gasteiger partial charge in [-0.15, -0.1) is 0 Å². The average molecular weight is 469 g/mol. The molecule has 0 spiro atoms. The highest BCUT2D eigenvalue weighted by Crippen LogP contribution is 2.20. The molecule has 3 heterocycles. The van der Waals surface area contributed by atoms with Crippen LogP contribution in [0, 0.1) is 11.8 Å². The third kappa shape index (κ3) is 5.87. The van der Waals surface area contributed by atoms with Crippen molar-refractivity contribution in [1.29, 1.82) is 0 Å². The lowest BCUT2D eigenvalue weighted by molar-refractivity contribution is 0.0342. The van der Waals surface area contributed by atoms with E-state index < -0.39 is 6.10 Å². The van der Waals surface area contributed by atoms with Gasteiger partial charge in [0.05, 0.1) is 25.5 Å². The van der Waals surface area contributed by atoms with Gasteiger partial charge in [0.1, 0.15) is 18.2 Å². The van der Waals surface area contributed by atoms with E-state index in [0.717, 1.165) is 55.2 Å². The summed E-state index contributed by atoms with van der Waals surface area (Å²) < 4.78 is 13.0. The van der Waals surface area contributed by atoms with Gasteiger partial charge in [0.2, 0.25) is 5.89 Å². The zero-order valence-corrected chi connectivity index (χ0v) is 19.7. The van der Waals surface area contributed by atoms with Crippen LogP contribution in [-0.4, -0.2) is 50.8 Å². The van der Waals surface area contributed by atoms with Gasteiger partial charge in [0, 0.05) is 48.7 Å². The summed E-state index contributed by atoms with van der Waals surface area (Å²) in [5.74, 6) is 7.62. The van der Waals surface area contributed by atoms with Crippen LogP contribution in [0.4, 0.5) is 0 Å². The highest BCUT2D eigenvalue weighted by Gasteiger charge is 2.12. The molecule has 0 bridgehead atoms. The van der Waals surface area contributed by atoms with Crippen molar-refractivity contribution < 1.29 is 14.3 Å². The second kappa shape index (κ2) is 10.7. The van der Waals surface area contributed by atoms with Gasteiger partial charge in [0.15, 0.2) is 0 Å². The number of imidazole rings is 1. The summed E-state index contributed by atoms with van der Waals surface area (Å²) in [5, 5.41) is 9.83. The van der Waals surface area contributed by atoms with Crippen molar-refractivity contribution in [3.05, 3.63) is 95.4 Å². The van der Waals surface area contributed by atoms with Gasteiger partial charge in [-0.3, -0.25) is 4.90 Å². The van der Waals surface area contributed by atoms with Crippen LogP contribution in [0.2, 0.25) is 0 Å². The molecule has 1 atom stereocenters. The highest BCUT2D eigenvalue weighted by atomic mass is 16.5. The molecular formula is C28H28N4O3. The normalized spacial score (nSPS) is 14.9. The predicted octanol–water partition coefficient (Wildman–Crippen LogP) is 3.87. The number of ether oxygens (including phenoxy) is 1. The molecule has 1 aliphatic heterocycles. The monoisotopic (exact) mass is 468 g/mol. The van der Waals surface area contributed by atoms with Crippen LogP contribution in [0.5, 0.6) is 0 Å². The lowest BCUT2D eigenvalue weighted by Crippen LogP contribution is -2.35. The third-order valence-corrected chi connectivity index (χ3v) is 5.95. The number of aliphatic hydroxyl groups excluding tert-OH is 1. The first kappa shape index (κ1) is 23.1. The summed E-state index contributed by atoms with van der Waals surface area (Å²) >= 11 is 0. The van der Waals surface area contributed by atoms with Crippen LogP contribution in [0.25, 0.3) is 11.5 Å². The Kier molecular flexibility index (Phi) is 7.05. The van der Waals surface area contributed by atoms with Crippen LogP contribution in [-0.2, 0) is 17.8 Å². The molecule has 0 saturated carbocycles. The largest absolute Gasteiger partial charge is 0.444 e. The van der Waals surface area contributed by atoms with E-state index in [1.165, 1.54) is 5.56 Å². The Morgan fingerprint density at radius 2 is 1.66 bits per heavy atom. The zero-order valence-electron chi connectivity index (χ0n) is 19.7. The van der Waals surface area contributed by atoms with Crippen molar-refractivity contribution in [2.75, 3.05) is 26.3 Å². The number of aliphatic hydroxyl groups is 1. The molecule has 4 aromatic rings. The molecule has 1 aliphatic rings. The number of nitrogens with zero attached hydrogens (tertiary/aromatic N) is 4. The number of morpholine rings is 1. The third-order valence-electron chi connectivity index (χ3n) is 5.95. The lowest BCUT2D eigenvalue weighted by Gasteiger charge is -2.26. The quantitative estimate of drug-likeness (QED) is 0.433. The zero-order chi connectivity index (χ0) is 24.0. The van der Waals surface area contributed by atoms with E-state index in [1.807, 2.05) is 35.0 Å². The molecule has 0 radical (unpaired) electrons. The number of benzene rings is 2. The summed E-state index contributed by atoms with van der Waals surface area (Å²) in [5.41, 5.74) is 4.87. The van der Waals surface area contributed by atoms with E-state index in [4.69, 9.17) is 9.15 Å². The smallest absolute Gasteiger partial charge is 0.226 e. The molecule has 35 heavy (non-hydrogen) atoms. The van der Waals surface area contributed by atoms with E-state index in [0.29, 0.717) is 18.3 Å². The summed E-state index contributed by atoms with van der Waals surface area (Å²) in [7, 11) is 0. The maximum atomic E-state index is 9.83. The summed E-state index contributed by atoms with van der Waals surface area (Å²) in [4.78, 5) is 11.2. The molecule has 0 aliphatic carbocycles. The average Bonchev–Trinajstić information content (AvgIpc) is 3.55. The van der Waals surface area contributed by atoms with Gasteiger partial charge in [0.25, 0.3) is 0 Å². The molecular weight excluding hydrogens is 440 g/mol. The highest BCUT2D eigenvalue weighted by molar-refractivity contribution is 5.56. The van der Waals surface area contributed by atoms with Crippen LogP contribution in [0.1, 0.15) is 41.2 Å². The fraction of sp³-hybridized carbons (Fsp3) is 0.286. The van der Waals surface area contributed by atoms with Crippen LogP contribution >= 0.6 is 0 Å². The molecule has 0 unspecified atom stereocenters. The maximum Gasteiger partial charge on any atom is 0.226 e. The van der Waals surface area contributed by atoms with Crippen molar-refractivity contribution in [1.82, 2.24) is 19.4 Å². The first-order valence-corrected chi connectivity index (χ1v) is 11.8. The van der Waals surface area contributed by atoms with E-state index in [1.54, 1.807) is 19.4 Å². The van der Waals surface area contributed by atoms with E-state index in [-0.39, 0.29) is 0 Å². The fourth-order valence-corrected chi connectivity index (χ4v) is 4.06. The van der Waals surface area contributed by atoms with Gasteiger partial charge in [-0.1, -0.05) is 24.0 Å². The summed E-state index contributed by atoms with van der Waals surface area (Å²) in [6, 6.07) is 16.3. The van der Waals surface area contributed by atoms with Crippen LogP contribution < -0.4 is 0 Å². The Morgan fingerprint density at radius 1 is 0.971 bits per heavy atom. The molecule has 0 amide bonds. The molecule has 1 saturated heterocycles. The Balaban J connectivity index is 1.20. The molecule has 2 aromatic heterocycles. The van der Waals surface area contributed by atoms with Crippen molar-refractivity contribution in [3.8, 4) is 23.3 Å². The number of hydrogen-bond donors (Lipinski definition) is 1. The van der Waals surface area contributed by atoms with Crippen molar-refractivity contribution >= 4 is 0 Å². The minimum Gasteiger partial charge on any atom is -0.444 e. The molecule has 5 rings (SSSR count). The molecule has 7 nitrogen and oxygen atoms in total. The fourth-order valence-electron chi connectivity index (χ4n) is 4.06. The van der Waals surface area contributed by atoms with E-state index in [2.05, 4.69) is 51.0 Å². The number of oxazole rings is 1. The van der Waals surface area contributed by atoms with Gasteiger partial charge >= 0.3 is 0 Å². The lowest BCUT2D eigenvalue weighted by atomic mass is 10.1. The number of aromatic nitrogens is 3. The van der Waals surface area contributed by atoms with Gasteiger partial charge in [-0.05, 0) is 48.9 Å². The van der Waals surface area contributed by atoms with Crippen molar-refractivity contribution in [3.63, 3.8) is 0 Å². The standard InChI is InChI=1S/C28H28N4O3/c1-21(33)27-29-12-13-32(27)19-26-20-35-28(30-26)25-10-8-23(9-11-25)3-2-22-4-6-24(7-5-22)18-31-14-16-34-17-15-31/h4-13,20-21,33H,14-19H2,1H3/t21-/m0/s1. The van der Waals surface area contributed by atoms with E-state index in [9.17, 15) is 5.11 Å². The molecule has 7 heteroatoms. The second-order valence-corrected chi connectivity index (χ2v) is 8.65. The Morgan fingerprint density at radius 3 is 2.34 bits per heavy atom. The number of hydrogen-bond acceptors (Lipinski definition) is 6. The van der Waals surface area contributed by atoms with Gasteiger partial charge in [-0.25, -0.2) is 9.97 Å². The van der Waals surface area contributed by atoms with E-state index >= 15 is 0 Å². The van der Waals surface area contributed by atoms with Crippen LogP contribution in [0.15, 0.2) is 71.6 Å². The minimum atomic E-state index is -0.641. The van der Waals surface area contributed by atoms with Crippen molar-refractivity contribution in [2.45, 2.75) is 26.1 Å². The molecule has 1 fully saturated rings. The molecule has 2 aromatic carbocycles. The van der Waals surface area contributed by atoms with Crippen molar-refractivity contribution in [2.24, 2.45) is 0 Å². The summed E-state index contributed by atoms with van der Waals surface area (Å²) in [6.07, 6.45) is 4.49. The SMILES string of the molecule is C[C@H](O)c1nccn1Cc1coc(-c2ccc(C#Cc3ccc(CN4CCOCC4)cc3)cc2)n1. The minimum absolute atomic E-state index is 0.485. The first-order chi connectivity index (χ1) is 17.1. The first-order valence-electron chi connectivity index (χ1n) is 11.8. The number of rotatable bonds is 6. The summed E-state index contributed by atoms with van der Waals surface area (Å²) in [6.45, 7) is 6.73.